The molecule has 8 heteroatoms. The monoisotopic (exact) mass is 519 g/mol. The van der Waals surface area contributed by atoms with Crippen LogP contribution in [-0.4, -0.2) is 39.8 Å². The molecule has 0 N–H and O–H groups in total. The number of para-hydroxylation sites is 2. The third-order valence-electron chi connectivity index (χ3n) is 6.37. The molecular formula is C29H30FN3O3S. The van der Waals surface area contributed by atoms with Crippen LogP contribution in [0.1, 0.15) is 53.5 Å². The molecule has 4 aromatic rings. The zero-order valence-corrected chi connectivity index (χ0v) is 21.8. The van der Waals surface area contributed by atoms with Crippen LogP contribution in [0.15, 0.2) is 72.1 Å². The van der Waals surface area contributed by atoms with Crippen LogP contribution in [0.2, 0.25) is 0 Å². The Labute approximate surface area is 220 Å². The molecule has 6 nitrogen and oxygen atoms in total. The minimum absolute atomic E-state index is 0.0217. The van der Waals surface area contributed by atoms with Crippen LogP contribution in [0.25, 0.3) is 5.69 Å². The number of carbonyl (C=O) groups excluding carboxylic acids is 1. The molecule has 1 unspecified atom stereocenters. The van der Waals surface area contributed by atoms with Crippen molar-refractivity contribution in [3.63, 3.8) is 0 Å². The lowest BCUT2D eigenvalue weighted by Gasteiger charge is -2.26. The lowest BCUT2D eigenvalue weighted by atomic mass is 10.0. The second-order valence-corrected chi connectivity index (χ2v) is 10.3. The fraction of sp³-hybridized carbons (Fsp3) is 0.310. The highest BCUT2D eigenvalue weighted by Gasteiger charge is 2.30. The van der Waals surface area contributed by atoms with Gasteiger partial charge in [-0.15, -0.1) is 11.3 Å². The quantitative estimate of drug-likeness (QED) is 0.244. The molecule has 2 aromatic carbocycles. The van der Waals surface area contributed by atoms with E-state index in [9.17, 15) is 9.18 Å². The lowest BCUT2D eigenvalue weighted by Crippen LogP contribution is -2.36. The highest BCUT2D eigenvalue weighted by atomic mass is 32.1. The van der Waals surface area contributed by atoms with Crippen molar-refractivity contribution in [1.82, 2.24) is 14.7 Å². The first-order chi connectivity index (χ1) is 18.0. The van der Waals surface area contributed by atoms with Crippen LogP contribution in [0.3, 0.4) is 0 Å². The summed E-state index contributed by atoms with van der Waals surface area (Å²) in [5, 5.41) is 6.82. The molecule has 0 saturated carbocycles. The van der Waals surface area contributed by atoms with Gasteiger partial charge in [0.05, 0.1) is 34.5 Å². The molecule has 5 rings (SSSR count). The van der Waals surface area contributed by atoms with E-state index >= 15 is 0 Å². The molecule has 0 aliphatic carbocycles. The SMILES string of the molecule is CC(C)c1nn(-c2ccccc2)c(Oc2ccccc2F)c1CN(CC1CCCO1)C(=O)c1cccs1. The minimum Gasteiger partial charge on any atom is -0.435 e. The molecule has 2 aromatic heterocycles. The number of carbonyl (C=O) groups is 1. The standard InChI is InChI=1S/C29H30FN3O3S/c1-20(2)27-23(19-32(18-22-12-8-16-35-22)28(34)26-15-9-17-37-26)29(36-25-14-7-6-13-24(25)30)33(31-27)21-10-4-3-5-11-21/h3-7,9-11,13-15,17,20,22H,8,12,16,18-19H2,1-2H3. The zero-order valence-electron chi connectivity index (χ0n) is 21.0. The average molecular weight is 520 g/mol. The summed E-state index contributed by atoms with van der Waals surface area (Å²) in [6.07, 6.45) is 1.87. The van der Waals surface area contributed by atoms with Crippen molar-refractivity contribution in [2.45, 2.75) is 45.3 Å². The third kappa shape index (κ3) is 5.60. The molecule has 1 saturated heterocycles. The van der Waals surface area contributed by atoms with Crippen molar-refractivity contribution in [3.05, 3.63) is 94.1 Å². The van der Waals surface area contributed by atoms with Gasteiger partial charge in [0.15, 0.2) is 11.6 Å². The number of halogens is 1. The summed E-state index contributed by atoms with van der Waals surface area (Å²) >= 11 is 1.42. The summed E-state index contributed by atoms with van der Waals surface area (Å²) in [6, 6.07) is 19.7. The molecule has 0 spiro atoms. The summed E-state index contributed by atoms with van der Waals surface area (Å²) in [7, 11) is 0. The molecule has 1 atom stereocenters. The van der Waals surface area contributed by atoms with Gasteiger partial charge in [0, 0.05) is 13.2 Å². The molecule has 1 fully saturated rings. The summed E-state index contributed by atoms with van der Waals surface area (Å²) in [5.74, 6) is 0.0165. The Morgan fingerprint density at radius 3 is 2.62 bits per heavy atom. The Kier molecular flexibility index (Phi) is 7.67. The first-order valence-electron chi connectivity index (χ1n) is 12.5. The Hall–Kier alpha value is -3.49. The first kappa shape index (κ1) is 25.2. The van der Waals surface area contributed by atoms with Crippen molar-refractivity contribution in [2.75, 3.05) is 13.2 Å². The van der Waals surface area contributed by atoms with E-state index in [1.165, 1.54) is 17.4 Å². The highest BCUT2D eigenvalue weighted by molar-refractivity contribution is 7.12. The van der Waals surface area contributed by atoms with Crippen LogP contribution in [0.5, 0.6) is 11.6 Å². The summed E-state index contributed by atoms with van der Waals surface area (Å²) in [5.41, 5.74) is 2.34. The van der Waals surface area contributed by atoms with E-state index in [1.807, 2.05) is 52.7 Å². The summed E-state index contributed by atoms with van der Waals surface area (Å²) in [6.45, 7) is 5.54. The van der Waals surface area contributed by atoms with Crippen LogP contribution < -0.4 is 4.74 Å². The van der Waals surface area contributed by atoms with Crippen molar-refractivity contribution in [3.8, 4) is 17.3 Å². The Morgan fingerprint density at radius 1 is 1.16 bits per heavy atom. The molecular weight excluding hydrogens is 489 g/mol. The van der Waals surface area contributed by atoms with Crippen LogP contribution in [0, 0.1) is 5.82 Å². The van der Waals surface area contributed by atoms with Crippen molar-refractivity contribution < 1.29 is 18.7 Å². The molecule has 0 radical (unpaired) electrons. The number of ether oxygens (including phenoxy) is 2. The second kappa shape index (κ2) is 11.3. The fourth-order valence-corrected chi connectivity index (χ4v) is 5.24. The minimum atomic E-state index is -0.466. The first-order valence-corrected chi connectivity index (χ1v) is 13.4. The molecule has 37 heavy (non-hydrogen) atoms. The molecule has 1 amide bonds. The van der Waals surface area contributed by atoms with Gasteiger partial charge in [-0.25, -0.2) is 9.07 Å². The topological polar surface area (TPSA) is 56.6 Å². The smallest absolute Gasteiger partial charge is 0.264 e. The zero-order chi connectivity index (χ0) is 25.8. The molecule has 3 heterocycles. The van der Waals surface area contributed by atoms with E-state index in [2.05, 4.69) is 13.8 Å². The molecule has 0 bridgehead atoms. The molecule has 192 valence electrons. The van der Waals surface area contributed by atoms with E-state index in [4.69, 9.17) is 14.6 Å². The van der Waals surface area contributed by atoms with Gasteiger partial charge in [-0.2, -0.15) is 5.10 Å². The number of thiophene rings is 1. The van der Waals surface area contributed by atoms with E-state index in [0.717, 1.165) is 29.8 Å². The van der Waals surface area contributed by atoms with E-state index in [1.54, 1.807) is 22.9 Å². The largest absolute Gasteiger partial charge is 0.435 e. The summed E-state index contributed by atoms with van der Waals surface area (Å²) < 4.78 is 28.6. The highest BCUT2D eigenvalue weighted by Crippen LogP contribution is 2.36. The van der Waals surface area contributed by atoms with E-state index in [0.29, 0.717) is 23.9 Å². The van der Waals surface area contributed by atoms with Crippen LogP contribution in [0.4, 0.5) is 4.39 Å². The summed E-state index contributed by atoms with van der Waals surface area (Å²) in [4.78, 5) is 16.1. The van der Waals surface area contributed by atoms with Crippen LogP contribution >= 0.6 is 11.3 Å². The van der Waals surface area contributed by atoms with Crippen LogP contribution in [-0.2, 0) is 11.3 Å². The number of benzene rings is 2. The van der Waals surface area contributed by atoms with Gasteiger partial charge < -0.3 is 14.4 Å². The fourth-order valence-electron chi connectivity index (χ4n) is 4.54. The normalized spacial score (nSPS) is 15.3. The van der Waals surface area contributed by atoms with Crippen molar-refractivity contribution in [1.29, 1.82) is 0 Å². The number of hydrogen-bond acceptors (Lipinski definition) is 5. The van der Waals surface area contributed by atoms with Gasteiger partial charge in [0.2, 0.25) is 5.88 Å². The Bertz CT molecular complexity index is 1330. The van der Waals surface area contributed by atoms with Crippen molar-refractivity contribution >= 4 is 17.2 Å². The van der Waals surface area contributed by atoms with Gasteiger partial charge in [0.25, 0.3) is 5.91 Å². The van der Waals surface area contributed by atoms with E-state index < -0.39 is 5.82 Å². The van der Waals surface area contributed by atoms with E-state index in [-0.39, 0.29) is 30.2 Å². The van der Waals surface area contributed by atoms with Gasteiger partial charge in [-0.3, -0.25) is 4.79 Å². The predicted octanol–water partition coefficient (Wildman–Crippen LogP) is 6.81. The number of amides is 1. The number of rotatable bonds is 9. The number of aromatic nitrogens is 2. The maximum Gasteiger partial charge on any atom is 0.264 e. The molecule has 1 aliphatic heterocycles. The maximum absolute atomic E-state index is 14.7. The maximum atomic E-state index is 14.7. The van der Waals surface area contributed by atoms with Gasteiger partial charge in [-0.05, 0) is 54.5 Å². The Morgan fingerprint density at radius 2 is 1.95 bits per heavy atom. The number of nitrogens with zero attached hydrogens (tertiary/aromatic N) is 3. The number of hydrogen-bond donors (Lipinski definition) is 0. The van der Waals surface area contributed by atoms with Gasteiger partial charge in [0.1, 0.15) is 0 Å². The lowest BCUT2D eigenvalue weighted by molar-refractivity contribution is 0.0509. The Balaban J connectivity index is 1.61. The third-order valence-corrected chi connectivity index (χ3v) is 7.23. The van der Waals surface area contributed by atoms with Gasteiger partial charge in [-0.1, -0.05) is 50.2 Å². The second-order valence-electron chi connectivity index (χ2n) is 9.40. The average Bonchev–Trinajstić information content (AvgIpc) is 3.68. The van der Waals surface area contributed by atoms with Gasteiger partial charge >= 0.3 is 0 Å². The molecule has 1 aliphatic rings. The predicted molar refractivity (Wildman–Crippen MR) is 142 cm³/mol. The van der Waals surface area contributed by atoms with Crippen molar-refractivity contribution in [2.24, 2.45) is 0 Å².